The molecule has 0 bridgehead atoms. The Balaban J connectivity index is 2.00. The van der Waals surface area contributed by atoms with Crippen LogP contribution in [0.1, 0.15) is 36.0 Å². The third-order valence-corrected chi connectivity index (χ3v) is 3.56. The molecule has 19 heavy (non-hydrogen) atoms. The Bertz CT molecular complexity index is 444. The van der Waals surface area contributed by atoms with Crippen molar-refractivity contribution < 1.29 is 14.3 Å². The molecule has 2 unspecified atom stereocenters. The summed E-state index contributed by atoms with van der Waals surface area (Å²) in [5, 5.41) is 0.436. The molecule has 2 atom stereocenters. The molecule has 2 N–H and O–H groups in total. The van der Waals surface area contributed by atoms with E-state index >= 15 is 0 Å². The van der Waals surface area contributed by atoms with Gasteiger partial charge in [0.05, 0.1) is 11.7 Å². The van der Waals surface area contributed by atoms with Crippen LogP contribution >= 0.6 is 11.6 Å². The number of carbonyl (C=O) groups is 1. The van der Waals surface area contributed by atoms with E-state index in [1.54, 1.807) is 25.3 Å². The van der Waals surface area contributed by atoms with Gasteiger partial charge in [-0.25, -0.2) is 4.79 Å². The van der Waals surface area contributed by atoms with Crippen molar-refractivity contribution in [2.75, 3.05) is 12.8 Å². The third-order valence-electron chi connectivity index (χ3n) is 3.34. The van der Waals surface area contributed by atoms with Gasteiger partial charge >= 0.3 is 5.97 Å². The molecule has 0 spiro atoms. The van der Waals surface area contributed by atoms with E-state index in [1.165, 1.54) is 0 Å². The Morgan fingerprint density at radius 2 is 2.05 bits per heavy atom. The van der Waals surface area contributed by atoms with Crippen LogP contribution < -0.4 is 5.73 Å². The lowest BCUT2D eigenvalue weighted by molar-refractivity contribution is -0.0149. The maximum atomic E-state index is 12.0. The number of carbonyl (C=O) groups excluding carboxylic acids is 1. The average Bonchev–Trinajstić information content (AvgIpc) is 2.37. The predicted octanol–water partition coefficient (Wildman–Crippen LogP) is 3.04. The van der Waals surface area contributed by atoms with Gasteiger partial charge < -0.3 is 15.2 Å². The fraction of sp³-hybridized carbons (Fsp3) is 0.500. The fourth-order valence-corrected chi connectivity index (χ4v) is 2.62. The number of benzene rings is 1. The Kier molecular flexibility index (Phi) is 4.66. The first-order chi connectivity index (χ1) is 9.08. The van der Waals surface area contributed by atoms with Crippen LogP contribution in [0.3, 0.4) is 0 Å². The largest absolute Gasteiger partial charge is 0.459 e. The van der Waals surface area contributed by atoms with E-state index in [-0.39, 0.29) is 18.2 Å². The topological polar surface area (TPSA) is 61.5 Å². The molecule has 0 saturated heterocycles. The molecule has 104 valence electrons. The monoisotopic (exact) mass is 283 g/mol. The molecule has 0 radical (unpaired) electrons. The molecular formula is C14H18ClNO3. The smallest absolute Gasteiger partial charge is 0.338 e. The van der Waals surface area contributed by atoms with E-state index in [9.17, 15) is 4.79 Å². The molecule has 0 heterocycles. The van der Waals surface area contributed by atoms with Crippen LogP contribution in [0, 0.1) is 0 Å². The van der Waals surface area contributed by atoms with Crippen molar-refractivity contribution in [1.29, 1.82) is 0 Å². The first kappa shape index (κ1) is 14.2. The van der Waals surface area contributed by atoms with E-state index in [2.05, 4.69) is 0 Å². The van der Waals surface area contributed by atoms with Crippen molar-refractivity contribution in [3.63, 3.8) is 0 Å². The number of nitrogen functional groups attached to an aromatic ring is 1. The number of rotatable bonds is 3. The number of anilines is 1. The number of esters is 1. The first-order valence-electron chi connectivity index (χ1n) is 6.38. The van der Waals surface area contributed by atoms with Crippen LogP contribution in [0.5, 0.6) is 0 Å². The second-order valence-electron chi connectivity index (χ2n) is 4.82. The van der Waals surface area contributed by atoms with Gasteiger partial charge in [0.25, 0.3) is 0 Å². The molecule has 0 amide bonds. The van der Waals surface area contributed by atoms with Crippen LogP contribution in [-0.4, -0.2) is 25.3 Å². The van der Waals surface area contributed by atoms with Gasteiger partial charge in [0.15, 0.2) is 0 Å². The number of methoxy groups -OCH3 is 1. The van der Waals surface area contributed by atoms with Crippen molar-refractivity contribution in [1.82, 2.24) is 0 Å². The zero-order valence-electron chi connectivity index (χ0n) is 10.9. The summed E-state index contributed by atoms with van der Waals surface area (Å²) in [7, 11) is 1.69. The van der Waals surface area contributed by atoms with Crippen LogP contribution in [-0.2, 0) is 9.47 Å². The van der Waals surface area contributed by atoms with Crippen LogP contribution in [0.15, 0.2) is 18.2 Å². The molecule has 2 rings (SSSR count). The molecular weight excluding hydrogens is 266 g/mol. The van der Waals surface area contributed by atoms with Gasteiger partial charge in [0.1, 0.15) is 6.10 Å². The summed E-state index contributed by atoms with van der Waals surface area (Å²) in [5.74, 6) is -0.379. The number of ether oxygens (including phenoxy) is 2. The maximum absolute atomic E-state index is 12.0. The molecule has 1 fully saturated rings. The van der Waals surface area contributed by atoms with E-state index in [0.717, 1.165) is 25.7 Å². The van der Waals surface area contributed by atoms with E-state index in [0.29, 0.717) is 16.3 Å². The highest BCUT2D eigenvalue weighted by molar-refractivity contribution is 6.31. The number of hydrogen-bond acceptors (Lipinski definition) is 4. The van der Waals surface area contributed by atoms with Crippen molar-refractivity contribution in [3.05, 3.63) is 28.8 Å². The van der Waals surface area contributed by atoms with E-state index < -0.39 is 0 Å². The molecule has 1 aromatic rings. The zero-order valence-corrected chi connectivity index (χ0v) is 11.7. The Hall–Kier alpha value is -1.26. The molecule has 1 aliphatic carbocycles. The lowest BCUT2D eigenvalue weighted by Gasteiger charge is -2.27. The lowest BCUT2D eigenvalue weighted by Crippen LogP contribution is -2.29. The van der Waals surface area contributed by atoms with Crippen molar-refractivity contribution in [3.8, 4) is 0 Å². The molecule has 1 aliphatic rings. The molecule has 0 aliphatic heterocycles. The van der Waals surface area contributed by atoms with Gasteiger partial charge in [-0.1, -0.05) is 11.6 Å². The summed E-state index contributed by atoms with van der Waals surface area (Å²) < 4.78 is 10.8. The minimum absolute atomic E-state index is 0.0913. The second-order valence-corrected chi connectivity index (χ2v) is 5.26. The van der Waals surface area contributed by atoms with Crippen molar-refractivity contribution in [2.45, 2.75) is 37.9 Å². The summed E-state index contributed by atoms with van der Waals surface area (Å²) in [6.45, 7) is 0. The maximum Gasteiger partial charge on any atom is 0.338 e. The van der Waals surface area contributed by atoms with Gasteiger partial charge in [0.2, 0.25) is 0 Å². The molecule has 0 aromatic heterocycles. The first-order valence-corrected chi connectivity index (χ1v) is 6.76. The quantitative estimate of drug-likeness (QED) is 0.684. The standard InChI is InChI=1S/C14H18ClNO3/c1-18-12-3-2-4-13(8-12)19-14(17)9-5-10(15)7-11(16)6-9/h5-7,12-13H,2-4,8,16H2,1H3. The SMILES string of the molecule is COC1CCCC(OC(=O)c2cc(N)cc(Cl)c2)C1. The normalized spacial score (nSPS) is 23.1. The van der Waals surface area contributed by atoms with Crippen molar-refractivity contribution in [2.24, 2.45) is 0 Å². The van der Waals surface area contributed by atoms with Crippen LogP contribution in [0.4, 0.5) is 5.69 Å². The summed E-state index contributed by atoms with van der Waals surface area (Å²) in [4.78, 5) is 12.0. The van der Waals surface area contributed by atoms with Crippen molar-refractivity contribution >= 4 is 23.3 Å². The number of hydrogen-bond donors (Lipinski definition) is 1. The summed E-state index contributed by atoms with van der Waals surface area (Å²) in [5.41, 5.74) is 6.51. The molecule has 4 nitrogen and oxygen atoms in total. The van der Waals surface area contributed by atoms with E-state index in [1.807, 2.05) is 0 Å². The predicted molar refractivity (Wildman–Crippen MR) is 74.3 cm³/mol. The highest BCUT2D eigenvalue weighted by Gasteiger charge is 2.25. The van der Waals surface area contributed by atoms with E-state index in [4.69, 9.17) is 26.8 Å². The number of nitrogens with two attached hydrogens (primary N) is 1. The van der Waals surface area contributed by atoms with Gasteiger partial charge in [-0.15, -0.1) is 0 Å². The summed E-state index contributed by atoms with van der Waals surface area (Å²) >= 11 is 5.87. The lowest BCUT2D eigenvalue weighted by atomic mass is 9.95. The highest BCUT2D eigenvalue weighted by atomic mass is 35.5. The Labute approximate surface area is 117 Å². The van der Waals surface area contributed by atoms with Gasteiger partial charge in [0, 0.05) is 24.2 Å². The third kappa shape index (κ3) is 3.85. The van der Waals surface area contributed by atoms with Gasteiger partial charge in [-0.05, 0) is 37.5 Å². The van der Waals surface area contributed by atoms with Gasteiger partial charge in [-0.3, -0.25) is 0 Å². The Morgan fingerprint density at radius 3 is 2.74 bits per heavy atom. The minimum atomic E-state index is -0.379. The molecule has 5 heteroatoms. The Morgan fingerprint density at radius 1 is 1.32 bits per heavy atom. The fourth-order valence-electron chi connectivity index (χ4n) is 2.37. The van der Waals surface area contributed by atoms with Crippen LogP contribution in [0.25, 0.3) is 0 Å². The summed E-state index contributed by atoms with van der Waals surface area (Å²) in [6.07, 6.45) is 3.74. The molecule has 1 aromatic carbocycles. The zero-order chi connectivity index (χ0) is 13.8. The molecule has 1 saturated carbocycles. The highest BCUT2D eigenvalue weighted by Crippen LogP contribution is 2.25. The van der Waals surface area contributed by atoms with Crippen LogP contribution in [0.2, 0.25) is 5.02 Å². The minimum Gasteiger partial charge on any atom is -0.459 e. The summed E-state index contributed by atoms with van der Waals surface area (Å²) in [6, 6.07) is 4.74. The number of halogens is 1. The average molecular weight is 284 g/mol. The van der Waals surface area contributed by atoms with Gasteiger partial charge in [-0.2, -0.15) is 0 Å². The second kappa shape index (κ2) is 6.26.